The van der Waals surface area contributed by atoms with E-state index in [1.807, 2.05) is 30.3 Å². The van der Waals surface area contributed by atoms with E-state index in [9.17, 15) is 4.79 Å². The lowest BCUT2D eigenvalue weighted by molar-refractivity contribution is -0.130. The number of aromatic nitrogens is 1. The monoisotopic (exact) mass is 345 g/mol. The summed E-state index contributed by atoms with van der Waals surface area (Å²) in [6.07, 6.45) is 0. The Morgan fingerprint density at radius 1 is 1.08 bits per heavy atom. The van der Waals surface area contributed by atoms with Crippen LogP contribution in [0, 0.1) is 0 Å². The van der Waals surface area contributed by atoms with Gasteiger partial charge in [-0.05, 0) is 30.5 Å². The number of nitrogens with zero attached hydrogens (tertiary/aromatic N) is 1. The highest BCUT2D eigenvalue weighted by molar-refractivity contribution is 7.21. The number of carbonyl (C=O) groups is 1. The summed E-state index contributed by atoms with van der Waals surface area (Å²) < 4.78 is 6.46. The van der Waals surface area contributed by atoms with E-state index in [-0.39, 0.29) is 0 Å². The summed E-state index contributed by atoms with van der Waals surface area (Å²) in [5.41, 5.74) is 2.30. The van der Waals surface area contributed by atoms with E-state index in [4.69, 9.17) is 9.72 Å². The van der Waals surface area contributed by atoms with Gasteiger partial charge in [-0.2, -0.15) is 0 Å². The molecule has 0 aliphatic carbocycles. The van der Waals surface area contributed by atoms with Crippen LogP contribution in [-0.4, -0.2) is 11.0 Å². The van der Waals surface area contributed by atoms with Crippen LogP contribution in [0.1, 0.15) is 6.92 Å². The maximum atomic E-state index is 11.7. The van der Waals surface area contributed by atoms with Crippen LogP contribution in [0.4, 0.5) is 0 Å². The van der Waals surface area contributed by atoms with Crippen molar-refractivity contribution in [3.05, 3.63) is 72.8 Å². The van der Waals surface area contributed by atoms with Crippen molar-refractivity contribution in [2.24, 2.45) is 0 Å². The first-order valence-corrected chi connectivity index (χ1v) is 8.70. The van der Waals surface area contributed by atoms with Crippen LogP contribution in [0.5, 0.6) is 5.75 Å². The van der Waals surface area contributed by atoms with Crippen LogP contribution in [0.2, 0.25) is 0 Å². The van der Waals surface area contributed by atoms with Gasteiger partial charge in [-0.1, -0.05) is 49.0 Å². The summed E-state index contributed by atoms with van der Waals surface area (Å²) in [7, 11) is 0. The van der Waals surface area contributed by atoms with Crippen LogP contribution in [0.15, 0.2) is 72.8 Å². The van der Waals surface area contributed by atoms with Gasteiger partial charge in [-0.15, -0.1) is 11.3 Å². The topological polar surface area (TPSA) is 39.2 Å². The molecule has 0 amide bonds. The van der Waals surface area contributed by atoms with Gasteiger partial charge in [0.05, 0.1) is 10.2 Å². The van der Waals surface area contributed by atoms with E-state index in [1.54, 1.807) is 24.3 Å². The zero-order valence-electron chi connectivity index (χ0n) is 13.7. The molecule has 0 saturated heterocycles. The highest BCUT2D eigenvalue weighted by atomic mass is 32.1. The van der Waals surface area contributed by atoms with Crippen LogP contribution >= 0.6 is 11.3 Å². The quantitative estimate of drug-likeness (QED) is 0.276. The second-order valence-corrected chi connectivity index (χ2v) is 6.88. The smallest absolute Gasteiger partial charge is 0.338 e. The number of rotatable bonds is 3. The Hall–Kier alpha value is -2.98. The maximum Gasteiger partial charge on any atom is 0.338 e. The minimum absolute atomic E-state index is 0.372. The Labute approximate surface area is 149 Å². The fraction of sp³-hybridized carbons (Fsp3) is 0.0476. The summed E-state index contributed by atoms with van der Waals surface area (Å²) >= 11 is 1.63. The molecule has 1 aromatic heterocycles. The van der Waals surface area contributed by atoms with Crippen molar-refractivity contribution in [1.29, 1.82) is 0 Å². The van der Waals surface area contributed by atoms with E-state index in [2.05, 4.69) is 30.8 Å². The first-order valence-electron chi connectivity index (χ1n) is 7.88. The van der Waals surface area contributed by atoms with E-state index in [0.717, 1.165) is 26.2 Å². The molecule has 122 valence electrons. The molecule has 4 rings (SSSR count). The van der Waals surface area contributed by atoms with E-state index in [1.165, 1.54) is 5.39 Å². The number of esters is 1. The lowest BCUT2D eigenvalue weighted by atomic mass is 10.1. The summed E-state index contributed by atoms with van der Waals surface area (Å²) in [5.74, 6) is 0.0714. The molecule has 3 nitrogen and oxygen atoms in total. The van der Waals surface area contributed by atoms with E-state index >= 15 is 0 Å². The van der Waals surface area contributed by atoms with Gasteiger partial charge in [0.1, 0.15) is 10.8 Å². The summed E-state index contributed by atoms with van der Waals surface area (Å²) in [5, 5.41) is 3.22. The largest absolute Gasteiger partial charge is 0.423 e. The van der Waals surface area contributed by atoms with E-state index < -0.39 is 5.97 Å². The average Bonchev–Trinajstić information content (AvgIpc) is 3.06. The van der Waals surface area contributed by atoms with Gasteiger partial charge < -0.3 is 4.74 Å². The number of hydrogen-bond acceptors (Lipinski definition) is 4. The standard InChI is InChI=1S/C21H15NO2S/c1-13(2)21(23)24-16-8-5-7-15(12-16)20-22-19-17-9-4-3-6-14(17)10-11-18(19)25-20/h3-12H,1H2,2H3. The third-order valence-electron chi connectivity index (χ3n) is 3.92. The van der Waals surface area contributed by atoms with Crippen molar-refractivity contribution in [3.63, 3.8) is 0 Å². The van der Waals surface area contributed by atoms with Gasteiger partial charge in [0.2, 0.25) is 0 Å². The second-order valence-electron chi connectivity index (χ2n) is 5.85. The molecule has 0 unspecified atom stereocenters. The molecule has 1 heterocycles. The predicted molar refractivity (Wildman–Crippen MR) is 103 cm³/mol. The van der Waals surface area contributed by atoms with Crippen molar-refractivity contribution in [2.75, 3.05) is 0 Å². The van der Waals surface area contributed by atoms with Crippen LogP contribution in [0.25, 0.3) is 31.6 Å². The van der Waals surface area contributed by atoms with Gasteiger partial charge >= 0.3 is 5.97 Å². The van der Waals surface area contributed by atoms with Gasteiger partial charge in [0.15, 0.2) is 0 Å². The number of thiazole rings is 1. The lowest BCUT2D eigenvalue weighted by Gasteiger charge is -2.04. The van der Waals surface area contributed by atoms with Crippen molar-refractivity contribution in [1.82, 2.24) is 4.98 Å². The summed E-state index contributed by atoms with van der Waals surface area (Å²) in [4.78, 5) is 16.5. The molecule has 4 aromatic rings. The highest BCUT2D eigenvalue weighted by Gasteiger charge is 2.11. The van der Waals surface area contributed by atoms with Gasteiger partial charge in [0.25, 0.3) is 0 Å². The van der Waals surface area contributed by atoms with Crippen LogP contribution in [0.3, 0.4) is 0 Å². The normalized spacial score (nSPS) is 10.9. The van der Waals surface area contributed by atoms with Crippen molar-refractivity contribution < 1.29 is 9.53 Å². The molecule has 0 aliphatic rings. The Morgan fingerprint density at radius 3 is 2.76 bits per heavy atom. The molecule has 0 N–H and O–H groups in total. The fourth-order valence-corrected chi connectivity index (χ4v) is 3.65. The molecule has 4 heteroatoms. The third-order valence-corrected chi connectivity index (χ3v) is 4.99. The van der Waals surface area contributed by atoms with Crippen LogP contribution < -0.4 is 4.74 Å². The molecule has 0 saturated carbocycles. The summed E-state index contributed by atoms with van der Waals surface area (Å²) in [6.45, 7) is 5.23. The van der Waals surface area contributed by atoms with Crippen molar-refractivity contribution in [3.8, 4) is 16.3 Å². The first kappa shape index (κ1) is 15.5. The molecular weight excluding hydrogens is 330 g/mol. The molecule has 0 radical (unpaired) electrons. The molecule has 0 bridgehead atoms. The molecule has 0 spiro atoms. The van der Waals surface area contributed by atoms with Crippen molar-refractivity contribution >= 4 is 38.3 Å². The van der Waals surface area contributed by atoms with E-state index in [0.29, 0.717) is 11.3 Å². The number of benzene rings is 3. The molecule has 3 aromatic carbocycles. The third kappa shape index (κ3) is 2.92. The Kier molecular flexibility index (Phi) is 3.82. The summed E-state index contributed by atoms with van der Waals surface area (Å²) in [6, 6.07) is 19.9. The maximum absolute atomic E-state index is 11.7. The Bertz CT molecular complexity index is 1130. The Balaban J connectivity index is 1.78. The van der Waals surface area contributed by atoms with Gasteiger partial charge in [-0.3, -0.25) is 0 Å². The molecule has 0 fully saturated rings. The lowest BCUT2D eigenvalue weighted by Crippen LogP contribution is -2.07. The SMILES string of the molecule is C=C(C)C(=O)Oc1cccc(-c2nc3c(ccc4ccccc43)s2)c1. The number of hydrogen-bond donors (Lipinski definition) is 0. The molecular formula is C21H15NO2S. The molecule has 0 atom stereocenters. The number of ether oxygens (including phenoxy) is 1. The fourth-order valence-electron chi connectivity index (χ4n) is 2.67. The Morgan fingerprint density at radius 2 is 1.92 bits per heavy atom. The number of carbonyl (C=O) groups excluding carboxylic acids is 1. The van der Waals surface area contributed by atoms with Gasteiger partial charge in [-0.25, -0.2) is 9.78 Å². The van der Waals surface area contributed by atoms with Gasteiger partial charge in [0, 0.05) is 16.5 Å². The number of fused-ring (bicyclic) bond motifs is 3. The highest BCUT2D eigenvalue weighted by Crippen LogP contribution is 2.35. The zero-order valence-corrected chi connectivity index (χ0v) is 14.5. The zero-order chi connectivity index (χ0) is 17.4. The minimum Gasteiger partial charge on any atom is -0.423 e. The molecule has 0 aliphatic heterocycles. The predicted octanol–water partition coefficient (Wildman–Crippen LogP) is 5.60. The first-order chi connectivity index (χ1) is 12.1. The van der Waals surface area contributed by atoms with Crippen molar-refractivity contribution in [2.45, 2.75) is 6.92 Å². The second kappa shape index (κ2) is 6.15. The minimum atomic E-state index is -0.424. The molecule has 25 heavy (non-hydrogen) atoms. The van der Waals surface area contributed by atoms with Crippen LogP contribution in [-0.2, 0) is 4.79 Å². The average molecular weight is 345 g/mol.